The van der Waals surface area contributed by atoms with E-state index in [0.717, 1.165) is 21.8 Å². The van der Waals surface area contributed by atoms with E-state index in [1.165, 1.54) is 0 Å². The minimum absolute atomic E-state index is 0.291. The van der Waals surface area contributed by atoms with Gasteiger partial charge in [-0.15, -0.1) is 0 Å². The van der Waals surface area contributed by atoms with Crippen LogP contribution in [0.2, 0.25) is 0 Å². The van der Waals surface area contributed by atoms with Gasteiger partial charge in [-0.3, -0.25) is 4.40 Å². The second-order valence-electron chi connectivity index (χ2n) is 5.29. The molecule has 4 rings (SSSR count). The summed E-state index contributed by atoms with van der Waals surface area (Å²) in [5.41, 5.74) is 9.41. The summed E-state index contributed by atoms with van der Waals surface area (Å²) in [5.74, 6) is -0.441. The molecule has 5 nitrogen and oxygen atoms in total. The second kappa shape index (κ2) is 4.98. The SMILES string of the molecule is CCOC(=O)c1c(N)c2ccccc2c2nc3ccccc3n12. The van der Waals surface area contributed by atoms with Crippen LogP contribution >= 0.6 is 0 Å². The topological polar surface area (TPSA) is 69.6 Å². The normalized spacial score (nSPS) is 11.3. The van der Waals surface area contributed by atoms with Crippen molar-refractivity contribution < 1.29 is 9.53 Å². The molecule has 0 aliphatic carbocycles. The Balaban J connectivity index is 2.27. The summed E-state index contributed by atoms with van der Waals surface area (Å²) in [5, 5.41) is 1.72. The van der Waals surface area contributed by atoms with Crippen molar-refractivity contribution >= 4 is 39.1 Å². The number of nitrogen functional groups attached to an aromatic ring is 1. The summed E-state index contributed by atoms with van der Waals surface area (Å²) in [6.45, 7) is 2.07. The molecule has 0 aliphatic heterocycles. The fourth-order valence-corrected chi connectivity index (χ4v) is 2.99. The smallest absolute Gasteiger partial charge is 0.357 e. The molecule has 0 radical (unpaired) electrons. The third-order valence-corrected chi connectivity index (χ3v) is 3.97. The van der Waals surface area contributed by atoms with Crippen LogP contribution in [0.25, 0.3) is 27.5 Å². The van der Waals surface area contributed by atoms with Gasteiger partial charge in [0.15, 0.2) is 5.69 Å². The summed E-state index contributed by atoms with van der Waals surface area (Å²) in [6, 6.07) is 15.4. The Labute approximate surface area is 132 Å². The lowest BCUT2D eigenvalue weighted by Crippen LogP contribution is -2.14. The van der Waals surface area contributed by atoms with E-state index in [1.54, 1.807) is 11.3 Å². The Bertz CT molecular complexity index is 1070. The average molecular weight is 305 g/mol. The number of hydrogen-bond donors (Lipinski definition) is 1. The summed E-state index contributed by atoms with van der Waals surface area (Å²) in [7, 11) is 0. The third kappa shape index (κ3) is 1.86. The minimum Gasteiger partial charge on any atom is -0.461 e. The Hall–Kier alpha value is -3.08. The van der Waals surface area contributed by atoms with Crippen molar-refractivity contribution in [2.24, 2.45) is 0 Å². The van der Waals surface area contributed by atoms with Gasteiger partial charge in [0.1, 0.15) is 5.65 Å². The van der Waals surface area contributed by atoms with Gasteiger partial charge in [-0.25, -0.2) is 9.78 Å². The second-order valence-corrected chi connectivity index (χ2v) is 5.29. The van der Waals surface area contributed by atoms with Crippen molar-refractivity contribution in [1.82, 2.24) is 9.38 Å². The zero-order chi connectivity index (χ0) is 16.0. The fraction of sp³-hybridized carbons (Fsp3) is 0.111. The lowest BCUT2D eigenvalue weighted by atomic mass is 10.1. The Kier molecular flexibility index (Phi) is 2.94. The van der Waals surface area contributed by atoms with Crippen LogP contribution in [-0.2, 0) is 4.74 Å². The molecule has 2 aromatic heterocycles. The predicted octanol–water partition coefficient (Wildman–Crippen LogP) is 3.40. The van der Waals surface area contributed by atoms with Crippen LogP contribution < -0.4 is 5.73 Å². The number of carbonyl (C=O) groups excluding carboxylic acids is 1. The first-order chi connectivity index (χ1) is 11.2. The molecule has 23 heavy (non-hydrogen) atoms. The van der Waals surface area contributed by atoms with Gasteiger partial charge in [0.2, 0.25) is 0 Å². The number of esters is 1. The van der Waals surface area contributed by atoms with E-state index in [0.29, 0.717) is 23.6 Å². The van der Waals surface area contributed by atoms with Gasteiger partial charge in [0.25, 0.3) is 0 Å². The zero-order valence-corrected chi connectivity index (χ0v) is 12.6. The number of imidazole rings is 1. The number of nitrogens with two attached hydrogens (primary N) is 1. The number of aromatic nitrogens is 2. The van der Waals surface area contributed by atoms with Crippen LogP contribution in [0.15, 0.2) is 48.5 Å². The van der Waals surface area contributed by atoms with Gasteiger partial charge in [0, 0.05) is 10.8 Å². The summed E-state index contributed by atoms with van der Waals surface area (Å²) >= 11 is 0. The van der Waals surface area contributed by atoms with Crippen molar-refractivity contribution in [1.29, 1.82) is 0 Å². The highest BCUT2D eigenvalue weighted by Crippen LogP contribution is 2.32. The molecule has 0 fully saturated rings. The molecule has 5 heteroatoms. The summed E-state index contributed by atoms with van der Waals surface area (Å²) in [6.07, 6.45) is 0. The highest BCUT2D eigenvalue weighted by atomic mass is 16.5. The standard InChI is InChI=1S/C18H15N3O2/c1-2-23-18(22)16-15(19)11-7-3-4-8-12(11)17-20-13-9-5-6-10-14(13)21(16)17/h3-10H,2,19H2,1H3. The lowest BCUT2D eigenvalue weighted by Gasteiger charge is -2.12. The van der Waals surface area contributed by atoms with Crippen LogP contribution in [0, 0.1) is 0 Å². The average Bonchev–Trinajstić information content (AvgIpc) is 2.95. The largest absolute Gasteiger partial charge is 0.461 e. The van der Waals surface area contributed by atoms with E-state index in [1.807, 2.05) is 48.5 Å². The number of ether oxygens (including phenoxy) is 1. The number of nitrogens with zero attached hydrogens (tertiary/aromatic N) is 2. The predicted molar refractivity (Wildman–Crippen MR) is 90.6 cm³/mol. The van der Waals surface area contributed by atoms with Gasteiger partial charge in [-0.05, 0) is 19.1 Å². The Morgan fingerprint density at radius 2 is 1.83 bits per heavy atom. The maximum atomic E-state index is 12.5. The van der Waals surface area contributed by atoms with Crippen LogP contribution in [-0.4, -0.2) is 22.0 Å². The number of fused-ring (bicyclic) bond motifs is 5. The van der Waals surface area contributed by atoms with Crippen LogP contribution in [0.3, 0.4) is 0 Å². The molecule has 0 bridgehead atoms. The van der Waals surface area contributed by atoms with Crippen molar-refractivity contribution in [3.8, 4) is 0 Å². The molecule has 0 amide bonds. The molecule has 0 saturated carbocycles. The quantitative estimate of drug-likeness (QED) is 0.576. The van der Waals surface area contributed by atoms with Gasteiger partial charge >= 0.3 is 5.97 Å². The number of carbonyl (C=O) groups is 1. The molecule has 114 valence electrons. The molecule has 4 aromatic rings. The fourth-order valence-electron chi connectivity index (χ4n) is 2.99. The molecular weight excluding hydrogens is 290 g/mol. The maximum absolute atomic E-state index is 12.5. The molecule has 0 spiro atoms. The zero-order valence-electron chi connectivity index (χ0n) is 12.6. The number of hydrogen-bond acceptors (Lipinski definition) is 4. The first kappa shape index (κ1) is 13.6. The van der Waals surface area contributed by atoms with Crippen molar-refractivity contribution in [3.63, 3.8) is 0 Å². The van der Waals surface area contributed by atoms with Crippen LogP contribution in [0.1, 0.15) is 17.4 Å². The van der Waals surface area contributed by atoms with Gasteiger partial charge in [0.05, 0.1) is 23.3 Å². The molecular formula is C18H15N3O2. The van der Waals surface area contributed by atoms with Gasteiger partial charge in [-0.2, -0.15) is 0 Å². The summed E-state index contributed by atoms with van der Waals surface area (Å²) < 4.78 is 7.01. The maximum Gasteiger partial charge on any atom is 0.357 e. The van der Waals surface area contributed by atoms with Crippen molar-refractivity contribution in [2.45, 2.75) is 6.92 Å². The van der Waals surface area contributed by atoms with Crippen molar-refractivity contribution in [2.75, 3.05) is 12.3 Å². The number of benzene rings is 2. The molecule has 0 unspecified atom stereocenters. The van der Waals surface area contributed by atoms with Crippen LogP contribution in [0.4, 0.5) is 5.69 Å². The highest BCUT2D eigenvalue weighted by molar-refractivity contribution is 6.11. The Morgan fingerprint density at radius 1 is 1.13 bits per heavy atom. The number of anilines is 1. The van der Waals surface area contributed by atoms with E-state index in [2.05, 4.69) is 4.98 Å². The van der Waals surface area contributed by atoms with E-state index >= 15 is 0 Å². The minimum atomic E-state index is -0.441. The molecule has 2 heterocycles. The van der Waals surface area contributed by atoms with Gasteiger partial charge < -0.3 is 10.5 Å². The Morgan fingerprint density at radius 3 is 2.61 bits per heavy atom. The number of rotatable bonds is 2. The van der Waals surface area contributed by atoms with Gasteiger partial charge in [-0.1, -0.05) is 36.4 Å². The van der Waals surface area contributed by atoms with E-state index in [4.69, 9.17) is 10.5 Å². The first-order valence-corrected chi connectivity index (χ1v) is 7.47. The number of para-hydroxylation sites is 2. The van der Waals surface area contributed by atoms with Crippen molar-refractivity contribution in [3.05, 3.63) is 54.2 Å². The molecule has 2 N–H and O–H groups in total. The van der Waals surface area contributed by atoms with E-state index in [-0.39, 0.29) is 0 Å². The van der Waals surface area contributed by atoms with E-state index in [9.17, 15) is 4.79 Å². The summed E-state index contributed by atoms with van der Waals surface area (Å²) in [4.78, 5) is 17.2. The highest BCUT2D eigenvalue weighted by Gasteiger charge is 2.22. The number of pyridine rings is 1. The molecule has 0 saturated heterocycles. The monoisotopic (exact) mass is 305 g/mol. The molecule has 0 aliphatic rings. The molecule has 2 aromatic carbocycles. The molecule has 0 atom stereocenters. The lowest BCUT2D eigenvalue weighted by molar-refractivity contribution is 0.0520. The van der Waals surface area contributed by atoms with E-state index < -0.39 is 5.97 Å². The first-order valence-electron chi connectivity index (χ1n) is 7.47. The van der Waals surface area contributed by atoms with Crippen LogP contribution in [0.5, 0.6) is 0 Å². The third-order valence-electron chi connectivity index (χ3n) is 3.97.